The van der Waals surface area contributed by atoms with Crippen LogP contribution in [0.25, 0.3) is 16.7 Å². The molecule has 0 aliphatic carbocycles. The van der Waals surface area contributed by atoms with Gasteiger partial charge >= 0.3 is 5.97 Å². The maximum absolute atomic E-state index is 13.4. The second-order valence-corrected chi connectivity index (χ2v) is 10.8. The van der Waals surface area contributed by atoms with E-state index in [0.717, 1.165) is 4.31 Å². The Hall–Kier alpha value is -3.64. The number of carbonyl (C=O) groups excluding carboxylic acids is 1. The number of amides is 1. The minimum atomic E-state index is -4.33. The average molecular weight is 577 g/mol. The minimum Gasteiger partial charge on any atom is -0.480 e. The highest BCUT2D eigenvalue weighted by Crippen LogP contribution is 2.31. The van der Waals surface area contributed by atoms with Gasteiger partial charge in [-0.2, -0.15) is 0 Å². The summed E-state index contributed by atoms with van der Waals surface area (Å²) in [6.45, 7) is 1.33. The van der Waals surface area contributed by atoms with Gasteiger partial charge in [-0.3, -0.25) is 18.7 Å². The summed E-state index contributed by atoms with van der Waals surface area (Å²) < 4.78 is 29.4. The average Bonchev–Trinajstić information content (AvgIpc) is 3.30. The third kappa shape index (κ3) is 5.46. The molecule has 1 N–H and O–H groups in total. The summed E-state index contributed by atoms with van der Waals surface area (Å²) in [6, 6.07) is 13.4. The van der Waals surface area contributed by atoms with Crippen LogP contribution in [0, 0.1) is 0 Å². The van der Waals surface area contributed by atoms with Gasteiger partial charge in [0.15, 0.2) is 0 Å². The van der Waals surface area contributed by atoms with Gasteiger partial charge in [-0.05, 0) is 61.5 Å². The van der Waals surface area contributed by atoms with Crippen molar-refractivity contribution in [2.75, 3.05) is 24.5 Å². The Bertz CT molecular complexity index is 1620. The van der Waals surface area contributed by atoms with E-state index in [9.17, 15) is 23.1 Å². The summed E-state index contributed by atoms with van der Waals surface area (Å²) in [6.07, 6.45) is 3.22. The molecule has 2 aromatic heterocycles. The summed E-state index contributed by atoms with van der Waals surface area (Å²) in [7, 11) is -2.91. The quantitative estimate of drug-likeness (QED) is 0.288. The summed E-state index contributed by atoms with van der Waals surface area (Å²) in [4.78, 5) is 33.5. The number of carboxylic acid groups (broad SMARTS) is 1. The zero-order chi connectivity index (χ0) is 27.6. The molecule has 10 nitrogen and oxygen atoms in total. The number of hydroxylamine groups is 2. The van der Waals surface area contributed by atoms with Gasteiger partial charge < -0.3 is 9.67 Å². The third-order valence-corrected chi connectivity index (χ3v) is 7.83. The Kier molecular flexibility index (Phi) is 7.93. The van der Waals surface area contributed by atoms with E-state index in [0.29, 0.717) is 28.8 Å². The van der Waals surface area contributed by atoms with Crippen molar-refractivity contribution < 1.29 is 28.0 Å². The van der Waals surface area contributed by atoms with Crippen LogP contribution in [0.1, 0.15) is 17.3 Å². The molecule has 0 aliphatic rings. The van der Waals surface area contributed by atoms with Crippen molar-refractivity contribution in [3.8, 4) is 5.82 Å². The predicted octanol–water partition coefficient (Wildman–Crippen LogP) is 4.64. The Morgan fingerprint density at radius 3 is 2.39 bits per heavy atom. The number of aromatic nitrogens is 2. The van der Waals surface area contributed by atoms with E-state index < -0.39 is 22.5 Å². The predicted molar refractivity (Wildman–Crippen MR) is 143 cm³/mol. The van der Waals surface area contributed by atoms with Crippen LogP contribution >= 0.6 is 23.2 Å². The first kappa shape index (κ1) is 27.4. The number of hydrogen-bond donors (Lipinski definition) is 1. The van der Waals surface area contributed by atoms with Crippen molar-refractivity contribution in [2.45, 2.75) is 11.8 Å². The Balaban J connectivity index is 1.76. The number of anilines is 1. The van der Waals surface area contributed by atoms with Crippen LogP contribution in [0.2, 0.25) is 10.0 Å². The molecule has 4 rings (SSSR count). The zero-order valence-corrected chi connectivity index (χ0v) is 22.5. The van der Waals surface area contributed by atoms with Crippen molar-refractivity contribution in [3.63, 3.8) is 0 Å². The van der Waals surface area contributed by atoms with E-state index in [-0.39, 0.29) is 26.5 Å². The van der Waals surface area contributed by atoms with Gasteiger partial charge in [0, 0.05) is 39.9 Å². The lowest BCUT2D eigenvalue weighted by atomic mass is 10.2. The number of carboxylic acids is 1. The first-order valence-electron chi connectivity index (χ1n) is 11.2. The SMILES string of the molecule is CCN(OC)C(=O)c1ccnc(-n2ccc3cc(N(CC(=O)O)S(=O)(=O)c4cc(Cl)cc(Cl)c4)ccc32)c1. The molecule has 0 atom stereocenters. The van der Waals surface area contributed by atoms with Gasteiger partial charge in [-0.15, -0.1) is 0 Å². The second-order valence-electron chi connectivity index (χ2n) is 8.02. The number of rotatable bonds is 9. The molecule has 2 heterocycles. The van der Waals surface area contributed by atoms with E-state index in [4.69, 9.17) is 28.0 Å². The highest BCUT2D eigenvalue weighted by atomic mass is 35.5. The zero-order valence-electron chi connectivity index (χ0n) is 20.2. The molecule has 198 valence electrons. The number of carbonyl (C=O) groups is 2. The summed E-state index contributed by atoms with van der Waals surface area (Å²) >= 11 is 12.0. The number of nitrogens with zero attached hydrogens (tertiary/aromatic N) is 4. The molecule has 0 saturated heterocycles. The fourth-order valence-corrected chi connectivity index (χ4v) is 6.04. The number of aliphatic carboxylic acids is 1. The standard InChI is InChI=1S/C25H22Cl2N4O6S/c1-3-30(37-2)25(34)17-6-8-28-23(11-17)29-9-7-16-10-20(4-5-22(16)29)31(15-24(32)33)38(35,36)21-13-18(26)12-19(27)14-21/h4-14H,3,15H2,1-2H3,(H,32,33). The number of pyridine rings is 1. The van der Waals surface area contributed by atoms with E-state index in [1.165, 1.54) is 42.6 Å². The number of benzene rings is 2. The maximum Gasteiger partial charge on any atom is 0.324 e. The molecule has 0 unspecified atom stereocenters. The molecule has 2 aromatic carbocycles. The van der Waals surface area contributed by atoms with Gasteiger partial charge in [-0.1, -0.05) is 23.2 Å². The fourth-order valence-electron chi connectivity index (χ4n) is 3.91. The van der Waals surface area contributed by atoms with Crippen LogP contribution < -0.4 is 4.31 Å². The summed E-state index contributed by atoms with van der Waals surface area (Å²) in [5.74, 6) is -1.22. The van der Waals surface area contributed by atoms with E-state index >= 15 is 0 Å². The molecule has 0 fully saturated rings. The van der Waals surface area contributed by atoms with Crippen LogP contribution in [0.15, 0.2) is 71.9 Å². The third-order valence-electron chi connectivity index (χ3n) is 5.64. The van der Waals surface area contributed by atoms with Crippen molar-refractivity contribution in [1.82, 2.24) is 14.6 Å². The molecule has 13 heteroatoms. The highest BCUT2D eigenvalue weighted by Gasteiger charge is 2.28. The maximum atomic E-state index is 13.4. The van der Waals surface area contributed by atoms with Crippen LogP contribution in [0.5, 0.6) is 0 Å². The second kappa shape index (κ2) is 11.0. The minimum absolute atomic E-state index is 0.0969. The molecular weight excluding hydrogens is 555 g/mol. The van der Waals surface area contributed by atoms with Gasteiger partial charge in [0.2, 0.25) is 0 Å². The molecule has 0 bridgehead atoms. The van der Waals surface area contributed by atoms with Gasteiger partial charge in [-0.25, -0.2) is 18.5 Å². The lowest BCUT2D eigenvalue weighted by Crippen LogP contribution is -2.35. The number of fused-ring (bicyclic) bond motifs is 1. The summed E-state index contributed by atoms with van der Waals surface area (Å²) in [5.41, 5.74) is 1.16. The van der Waals surface area contributed by atoms with Crippen molar-refractivity contribution in [2.24, 2.45) is 0 Å². The molecule has 0 aliphatic heterocycles. The van der Waals surface area contributed by atoms with Gasteiger partial charge in [0.1, 0.15) is 12.4 Å². The highest BCUT2D eigenvalue weighted by molar-refractivity contribution is 7.92. The van der Waals surface area contributed by atoms with Gasteiger partial charge in [0.05, 0.1) is 23.2 Å². The number of hydrogen-bond acceptors (Lipinski definition) is 6. The normalized spacial score (nSPS) is 11.5. The molecule has 38 heavy (non-hydrogen) atoms. The van der Waals surface area contributed by atoms with Crippen molar-refractivity contribution >= 4 is 61.7 Å². The van der Waals surface area contributed by atoms with Crippen LogP contribution in [0.3, 0.4) is 0 Å². The number of halogens is 2. The first-order chi connectivity index (χ1) is 18.0. The lowest BCUT2D eigenvalue weighted by Gasteiger charge is -2.23. The topological polar surface area (TPSA) is 122 Å². The summed E-state index contributed by atoms with van der Waals surface area (Å²) in [5, 5.41) is 11.5. The smallest absolute Gasteiger partial charge is 0.324 e. The lowest BCUT2D eigenvalue weighted by molar-refractivity contribution is -0.135. The van der Waals surface area contributed by atoms with E-state index in [1.54, 1.807) is 48.0 Å². The molecule has 4 aromatic rings. The Morgan fingerprint density at radius 2 is 1.76 bits per heavy atom. The first-order valence-corrected chi connectivity index (χ1v) is 13.4. The largest absolute Gasteiger partial charge is 0.480 e. The van der Waals surface area contributed by atoms with Gasteiger partial charge in [0.25, 0.3) is 15.9 Å². The molecule has 0 saturated carbocycles. The molecule has 0 radical (unpaired) electrons. The van der Waals surface area contributed by atoms with Crippen LogP contribution in [0.4, 0.5) is 5.69 Å². The monoisotopic (exact) mass is 576 g/mol. The van der Waals surface area contributed by atoms with Crippen molar-refractivity contribution in [3.05, 3.63) is 82.6 Å². The van der Waals surface area contributed by atoms with Crippen LogP contribution in [-0.4, -0.2) is 60.2 Å². The molecular formula is C25H22Cl2N4O6S. The molecule has 0 spiro atoms. The Labute approximate surface area is 228 Å². The van der Waals surface area contributed by atoms with Crippen LogP contribution in [-0.2, 0) is 19.7 Å². The van der Waals surface area contributed by atoms with E-state index in [2.05, 4.69) is 4.98 Å². The number of sulfonamides is 1. The molecule has 1 amide bonds. The fraction of sp³-hybridized carbons (Fsp3) is 0.160. The Morgan fingerprint density at radius 1 is 1.05 bits per heavy atom. The van der Waals surface area contributed by atoms with E-state index in [1.807, 2.05) is 0 Å². The van der Waals surface area contributed by atoms with Crippen molar-refractivity contribution in [1.29, 1.82) is 0 Å².